The molecule has 5 nitrogen and oxygen atoms in total. The molecule has 1 aromatic heterocycles. The highest BCUT2D eigenvalue weighted by Crippen LogP contribution is 2.43. The van der Waals surface area contributed by atoms with Crippen LogP contribution < -0.4 is 5.32 Å². The second-order valence-corrected chi connectivity index (χ2v) is 5.35. The maximum absolute atomic E-state index is 5.85. The zero-order valence-corrected chi connectivity index (χ0v) is 11.4. The lowest BCUT2D eigenvalue weighted by atomic mass is 9.83. The molecule has 0 saturated carbocycles. The number of aryl methyl sites for hydroxylation is 1. The Kier molecular flexibility index (Phi) is 2.60. The number of rotatable bonds is 1. The third-order valence-corrected chi connectivity index (χ3v) is 4.16. The smallest absolute Gasteiger partial charge is 0.172 e. The van der Waals surface area contributed by atoms with E-state index in [0.717, 1.165) is 36.2 Å². The SMILES string of the molecule is Cc1oncc1C1=C=CNC2=C1CC1(CC2)OCCO1. The van der Waals surface area contributed by atoms with Crippen LogP contribution >= 0.6 is 0 Å². The van der Waals surface area contributed by atoms with Gasteiger partial charge in [0.2, 0.25) is 0 Å². The summed E-state index contributed by atoms with van der Waals surface area (Å²) in [7, 11) is 0. The number of ether oxygens (including phenoxy) is 2. The minimum Gasteiger partial charge on any atom is -0.361 e. The fourth-order valence-corrected chi connectivity index (χ4v) is 3.13. The van der Waals surface area contributed by atoms with Crippen molar-refractivity contribution in [1.82, 2.24) is 10.5 Å². The van der Waals surface area contributed by atoms with Gasteiger partial charge in [-0.05, 0) is 18.9 Å². The van der Waals surface area contributed by atoms with Gasteiger partial charge in [0.25, 0.3) is 0 Å². The van der Waals surface area contributed by atoms with Gasteiger partial charge in [0, 0.05) is 30.3 Å². The van der Waals surface area contributed by atoms with Crippen molar-refractivity contribution in [2.45, 2.75) is 32.0 Å². The molecule has 1 saturated heterocycles. The molecule has 0 radical (unpaired) electrons. The maximum atomic E-state index is 5.85. The zero-order valence-electron chi connectivity index (χ0n) is 11.4. The Labute approximate surface area is 116 Å². The summed E-state index contributed by atoms with van der Waals surface area (Å²) in [6.07, 6.45) is 6.16. The molecule has 0 atom stereocenters. The summed E-state index contributed by atoms with van der Waals surface area (Å²) >= 11 is 0. The van der Waals surface area contributed by atoms with E-state index in [1.165, 1.54) is 11.3 Å². The summed E-state index contributed by atoms with van der Waals surface area (Å²) in [5.74, 6) is 0.359. The monoisotopic (exact) mass is 272 g/mol. The van der Waals surface area contributed by atoms with E-state index in [-0.39, 0.29) is 0 Å². The van der Waals surface area contributed by atoms with Crippen LogP contribution in [-0.4, -0.2) is 24.2 Å². The van der Waals surface area contributed by atoms with E-state index >= 15 is 0 Å². The summed E-state index contributed by atoms with van der Waals surface area (Å²) < 4.78 is 16.9. The van der Waals surface area contributed by atoms with Gasteiger partial charge >= 0.3 is 0 Å². The van der Waals surface area contributed by atoms with Crippen molar-refractivity contribution in [1.29, 1.82) is 0 Å². The van der Waals surface area contributed by atoms with Gasteiger partial charge in [-0.15, -0.1) is 0 Å². The summed E-state index contributed by atoms with van der Waals surface area (Å²) in [4.78, 5) is 0. The largest absolute Gasteiger partial charge is 0.361 e. The average Bonchev–Trinajstić information content (AvgIpc) is 3.08. The van der Waals surface area contributed by atoms with E-state index in [9.17, 15) is 0 Å². The van der Waals surface area contributed by atoms with Crippen LogP contribution in [0.4, 0.5) is 0 Å². The van der Waals surface area contributed by atoms with Gasteiger partial charge in [0.15, 0.2) is 5.79 Å². The Morgan fingerprint density at radius 3 is 2.95 bits per heavy atom. The predicted molar refractivity (Wildman–Crippen MR) is 71.4 cm³/mol. The normalized spacial score (nSPS) is 23.8. The molecular formula is C15H16N2O3. The van der Waals surface area contributed by atoms with Crippen molar-refractivity contribution >= 4 is 5.57 Å². The first-order valence-electron chi connectivity index (χ1n) is 6.91. The maximum Gasteiger partial charge on any atom is 0.172 e. The van der Waals surface area contributed by atoms with Gasteiger partial charge < -0.3 is 19.3 Å². The molecule has 2 aliphatic heterocycles. The molecule has 1 spiro atoms. The number of hydrogen-bond acceptors (Lipinski definition) is 5. The molecule has 20 heavy (non-hydrogen) atoms. The summed E-state index contributed by atoms with van der Waals surface area (Å²) in [6, 6.07) is 0. The van der Waals surface area contributed by atoms with Gasteiger partial charge in [0.05, 0.1) is 25.0 Å². The Hall–Kier alpha value is -1.81. The molecule has 3 heterocycles. The standard InChI is InChI=1S/C15H16N2O3/c1-10-13(9-17-20-10)11-3-5-16-14-2-4-15(8-12(11)14)18-6-7-19-15/h5,9,16H,2,4,6-8H2,1H3. The summed E-state index contributed by atoms with van der Waals surface area (Å²) in [5.41, 5.74) is 7.74. The van der Waals surface area contributed by atoms with Crippen molar-refractivity contribution in [3.63, 3.8) is 0 Å². The van der Waals surface area contributed by atoms with E-state index in [1.54, 1.807) is 6.20 Å². The highest BCUT2D eigenvalue weighted by atomic mass is 16.7. The second-order valence-electron chi connectivity index (χ2n) is 5.35. The fraction of sp³-hybridized carbons (Fsp3) is 0.467. The number of aromatic nitrogens is 1. The van der Waals surface area contributed by atoms with Crippen LogP contribution in [0.1, 0.15) is 30.6 Å². The molecule has 0 aromatic carbocycles. The highest BCUT2D eigenvalue weighted by Gasteiger charge is 2.42. The van der Waals surface area contributed by atoms with E-state index in [1.807, 2.05) is 13.1 Å². The fourth-order valence-electron chi connectivity index (χ4n) is 3.13. The molecule has 1 aromatic rings. The number of hydrogen-bond donors (Lipinski definition) is 1. The van der Waals surface area contributed by atoms with Gasteiger partial charge in [-0.1, -0.05) is 10.9 Å². The van der Waals surface area contributed by atoms with Crippen molar-refractivity contribution < 1.29 is 14.0 Å². The molecule has 5 heteroatoms. The molecule has 104 valence electrons. The van der Waals surface area contributed by atoms with Crippen LogP contribution in [0.3, 0.4) is 0 Å². The van der Waals surface area contributed by atoms with Gasteiger partial charge in [-0.25, -0.2) is 0 Å². The first kappa shape index (κ1) is 12.0. The lowest BCUT2D eigenvalue weighted by Gasteiger charge is -2.35. The number of nitrogens with zero attached hydrogens (tertiary/aromatic N) is 1. The van der Waals surface area contributed by atoms with Crippen molar-refractivity contribution in [3.8, 4) is 0 Å². The van der Waals surface area contributed by atoms with E-state index in [0.29, 0.717) is 13.2 Å². The van der Waals surface area contributed by atoms with Crippen LogP contribution in [0, 0.1) is 6.92 Å². The molecule has 0 unspecified atom stereocenters. The lowest BCUT2D eigenvalue weighted by Crippen LogP contribution is -2.36. The molecule has 1 N–H and O–H groups in total. The average molecular weight is 272 g/mol. The molecule has 0 amide bonds. The first-order chi connectivity index (χ1) is 9.77. The third-order valence-electron chi connectivity index (χ3n) is 4.16. The number of nitrogens with one attached hydrogen (secondary N) is 1. The Bertz CT molecular complexity index is 644. The number of allylic oxidation sites excluding steroid dienone is 2. The van der Waals surface area contributed by atoms with Crippen LogP contribution in [-0.2, 0) is 9.47 Å². The van der Waals surface area contributed by atoms with E-state index < -0.39 is 5.79 Å². The molecular weight excluding hydrogens is 256 g/mol. The topological polar surface area (TPSA) is 56.5 Å². The van der Waals surface area contributed by atoms with Crippen LogP contribution in [0.15, 0.2) is 33.9 Å². The van der Waals surface area contributed by atoms with E-state index in [4.69, 9.17) is 14.0 Å². The molecule has 3 aliphatic rings. The predicted octanol–water partition coefficient (Wildman–Crippen LogP) is 2.26. The molecule has 0 bridgehead atoms. The van der Waals surface area contributed by atoms with Crippen molar-refractivity contribution in [2.24, 2.45) is 0 Å². The molecule has 4 rings (SSSR count). The van der Waals surface area contributed by atoms with Crippen molar-refractivity contribution in [2.75, 3.05) is 13.2 Å². The van der Waals surface area contributed by atoms with E-state index in [2.05, 4.69) is 16.2 Å². The Morgan fingerprint density at radius 1 is 1.35 bits per heavy atom. The molecule has 1 fully saturated rings. The summed E-state index contributed by atoms with van der Waals surface area (Å²) in [6.45, 7) is 3.27. The lowest BCUT2D eigenvalue weighted by molar-refractivity contribution is -0.163. The minimum atomic E-state index is -0.449. The van der Waals surface area contributed by atoms with Gasteiger partial charge in [0.1, 0.15) is 5.76 Å². The quantitative estimate of drug-likeness (QED) is 0.795. The highest BCUT2D eigenvalue weighted by molar-refractivity contribution is 5.81. The second kappa shape index (κ2) is 4.35. The third kappa shape index (κ3) is 1.75. The van der Waals surface area contributed by atoms with Crippen LogP contribution in [0.5, 0.6) is 0 Å². The van der Waals surface area contributed by atoms with Crippen molar-refractivity contribution in [3.05, 3.63) is 40.7 Å². The summed E-state index contributed by atoms with van der Waals surface area (Å²) in [5, 5.41) is 7.17. The molecule has 1 aliphatic carbocycles. The Balaban J connectivity index is 1.75. The van der Waals surface area contributed by atoms with Gasteiger partial charge in [-0.3, -0.25) is 0 Å². The Morgan fingerprint density at radius 2 is 2.20 bits per heavy atom. The van der Waals surface area contributed by atoms with Crippen LogP contribution in [0.2, 0.25) is 0 Å². The van der Waals surface area contributed by atoms with Crippen LogP contribution in [0.25, 0.3) is 5.57 Å². The first-order valence-corrected chi connectivity index (χ1v) is 6.91. The zero-order chi connectivity index (χ0) is 13.6. The minimum absolute atomic E-state index is 0.449. The van der Waals surface area contributed by atoms with Gasteiger partial charge in [-0.2, -0.15) is 0 Å².